The van der Waals surface area contributed by atoms with Gasteiger partial charge >= 0.3 is 0 Å². The van der Waals surface area contributed by atoms with E-state index in [-0.39, 0.29) is 17.3 Å². The van der Waals surface area contributed by atoms with Gasteiger partial charge in [-0.05, 0) is 56.3 Å². The van der Waals surface area contributed by atoms with Crippen LogP contribution in [-0.2, 0) is 10.0 Å². The number of halogens is 2. The van der Waals surface area contributed by atoms with Gasteiger partial charge in [0.1, 0.15) is 11.5 Å². The van der Waals surface area contributed by atoms with E-state index in [0.717, 1.165) is 12.8 Å². The second kappa shape index (κ2) is 9.06. The summed E-state index contributed by atoms with van der Waals surface area (Å²) in [5.74, 6) is 1.08. The van der Waals surface area contributed by atoms with Crippen LogP contribution in [0.5, 0.6) is 11.5 Å². The zero-order valence-electron chi connectivity index (χ0n) is 14.4. The molecular formula is C18H22Cl2N2O3S. The van der Waals surface area contributed by atoms with E-state index in [0.29, 0.717) is 35.7 Å². The third-order valence-corrected chi connectivity index (χ3v) is 6.61. The summed E-state index contributed by atoms with van der Waals surface area (Å²) in [6.45, 7) is 1.07. The summed E-state index contributed by atoms with van der Waals surface area (Å²) in [6.07, 6.45) is 1.65. The molecule has 1 saturated heterocycles. The molecule has 0 amide bonds. The Morgan fingerprint density at radius 1 is 1.08 bits per heavy atom. The molecule has 0 aromatic heterocycles. The summed E-state index contributed by atoms with van der Waals surface area (Å²) >= 11 is 6.07. The zero-order chi connectivity index (χ0) is 17.9. The molecule has 0 atom stereocenters. The highest BCUT2D eigenvalue weighted by atomic mass is 35.5. The summed E-state index contributed by atoms with van der Waals surface area (Å²) in [4.78, 5) is 0.280. The molecule has 5 nitrogen and oxygen atoms in total. The molecule has 3 rings (SSSR count). The highest BCUT2D eigenvalue weighted by Crippen LogP contribution is 2.30. The molecule has 2 aromatic rings. The van der Waals surface area contributed by atoms with E-state index < -0.39 is 10.0 Å². The Morgan fingerprint density at radius 2 is 1.69 bits per heavy atom. The Kier molecular flexibility index (Phi) is 7.32. The fourth-order valence-electron chi connectivity index (χ4n) is 2.87. The molecule has 1 aliphatic heterocycles. The molecule has 0 radical (unpaired) electrons. The van der Waals surface area contributed by atoms with Gasteiger partial charge < -0.3 is 10.1 Å². The van der Waals surface area contributed by atoms with Crippen LogP contribution in [0.15, 0.2) is 53.4 Å². The Hall–Kier alpha value is -1.31. The number of nitrogens with one attached hydrogen (secondary N) is 1. The summed E-state index contributed by atoms with van der Waals surface area (Å²) in [7, 11) is -1.56. The maximum Gasteiger partial charge on any atom is 0.243 e. The van der Waals surface area contributed by atoms with Crippen molar-refractivity contribution in [2.24, 2.45) is 0 Å². The predicted molar refractivity (Wildman–Crippen MR) is 106 cm³/mol. The van der Waals surface area contributed by atoms with Crippen LogP contribution in [0.2, 0.25) is 5.02 Å². The zero-order valence-corrected chi connectivity index (χ0v) is 16.8. The van der Waals surface area contributed by atoms with Gasteiger partial charge in [0.05, 0.1) is 9.92 Å². The van der Waals surface area contributed by atoms with E-state index in [2.05, 4.69) is 5.32 Å². The van der Waals surface area contributed by atoms with Gasteiger partial charge in [0, 0.05) is 19.1 Å². The summed E-state index contributed by atoms with van der Waals surface area (Å²) in [6, 6.07) is 14.0. The minimum absolute atomic E-state index is 0. The quantitative estimate of drug-likeness (QED) is 0.801. The Morgan fingerprint density at radius 3 is 2.27 bits per heavy atom. The van der Waals surface area contributed by atoms with Crippen molar-refractivity contribution in [1.82, 2.24) is 9.62 Å². The Labute approximate surface area is 165 Å². The molecule has 1 N–H and O–H groups in total. The average molecular weight is 417 g/mol. The van der Waals surface area contributed by atoms with Crippen molar-refractivity contribution in [1.29, 1.82) is 0 Å². The maximum absolute atomic E-state index is 12.7. The third-order valence-electron chi connectivity index (χ3n) is 4.39. The fourth-order valence-corrected chi connectivity index (χ4v) is 4.51. The number of hydrogen-bond donors (Lipinski definition) is 1. The molecule has 142 valence electrons. The number of para-hydroxylation sites is 1. The second-order valence-electron chi connectivity index (χ2n) is 5.97. The van der Waals surface area contributed by atoms with E-state index >= 15 is 0 Å². The number of rotatable bonds is 5. The highest BCUT2D eigenvalue weighted by molar-refractivity contribution is 7.89. The number of benzene rings is 2. The van der Waals surface area contributed by atoms with Gasteiger partial charge in [0.25, 0.3) is 0 Å². The first kappa shape index (κ1) is 21.0. The average Bonchev–Trinajstić information content (AvgIpc) is 2.64. The van der Waals surface area contributed by atoms with E-state index in [1.165, 1.54) is 0 Å². The summed E-state index contributed by atoms with van der Waals surface area (Å²) in [5, 5.41) is 3.71. The molecule has 0 bridgehead atoms. The van der Waals surface area contributed by atoms with Gasteiger partial charge in [-0.25, -0.2) is 8.42 Å². The van der Waals surface area contributed by atoms with Crippen molar-refractivity contribution in [3.8, 4) is 11.5 Å². The van der Waals surface area contributed by atoms with E-state index in [1.54, 1.807) is 40.7 Å². The predicted octanol–water partition coefficient (Wildman–Crippen LogP) is 3.93. The van der Waals surface area contributed by atoms with Crippen molar-refractivity contribution in [2.45, 2.75) is 23.8 Å². The van der Waals surface area contributed by atoms with Crippen LogP contribution >= 0.6 is 24.0 Å². The first-order valence-corrected chi connectivity index (χ1v) is 10.0. The largest absolute Gasteiger partial charge is 0.456 e. The van der Waals surface area contributed by atoms with E-state index in [4.69, 9.17) is 16.3 Å². The van der Waals surface area contributed by atoms with Gasteiger partial charge in [-0.2, -0.15) is 4.31 Å². The lowest BCUT2D eigenvalue weighted by Crippen LogP contribution is -2.43. The van der Waals surface area contributed by atoms with Crippen molar-refractivity contribution in [2.75, 3.05) is 20.1 Å². The van der Waals surface area contributed by atoms with Crippen LogP contribution in [-0.4, -0.2) is 38.9 Å². The van der Waals surface area contributed by atoms with Crippen LogP contribution in [0.4, 0.5) is 0 Å². The lowest BCUT2D eigenvalue weighted by atomic mass is 10.1. The number of piperidine rings is 1. The van der Waals surface area contributed by atoms with Crippen molar-refractivity contribution < 1.29 is 13.2 Å². The standard InChI is InChI=1S/C18H21ClN2O3S.ClH/c1-20-14-10-12-21(13-11-14)25(22,23)16-8-6-15(7-9-16)24-18-5-3-2-4-17(18)19;/h2-9,14,20H,10-13H2,1H3;1H. The number of hydrogen-bond acceptors (Lipinski definition) is 4. The van der Waals surface area contributed by atoms with Gasteiger partial charge in [-0.15, -0.1) is 12.4 Å². The maximum atomic E-state index is 12.7. The molecule has 8 heteroatoms. The molecule has 0 unspecified atom stereocenters. The molecule has 26 heavy (non-hydrogen) atoms. The normalized spacial score (nSPS) is 16.1. The molecule has 1 fully saturated rings. The number of sulfonamides is 1. The highest BCUT2D eigenvalue weighted by Gasteiger charge is 2.28. The lowest BCUT2D eigenvalue weighted by molar-refractivity contribution is 0.298. The van der Waals surface area contributed by atoms with Crippen molar-refractivity contribution in [3.63, 3.8) is 0 Å². The summed E-state index contributed by atoms with van der Waals surface area (Å²) < 4.78 is 32.7. The van der Waals surface area contributed by atoms with Gasteiger partial charge in [-0.1, -0.05) is 23.7 Å². The molecular weight excluding hydrogens is 395 g/mol. The minimum atomic E-state index is -3.47. The Balaban J connectivity index is 0.00000243. The van der Waals surface area contributed by atoms with Crippen LogP contribution in [0, 0.1) is 0 Å². The van der Waals surface area contributed by atoms with Gasteiger partial charge in [-0.3, -0.25) is 0 Å². The van der Waals surface area contributed by atoms with Gasteiger partial charge in [0.15, 0.2) is 0 Å². The monoisotopic (exact) mass is 416 g/mol. The SMILES string of the molecule is CNC1CCN(S(=O)(=O)c2ccc(Oc3ccccc3Cl)cc2)CC1.Cl. The molecule has 0 aliphatic carbocycles. The summed E-state index contributed by atoms with van der Waals surface area (Å²) in [5.41, 5.74) is 0. The van der Waals surface area contributed by atoms with Crippen LogP contribution in [0.3, 0.4) is 0 Å². The van der Waals surface area contributed by atoms with E-state index in [1.807, 2.05) is 19.2 Å². The number of ether oxygens (including phenoxy) is 1. The topological polar surface area (TPSA) is 58.6 Å². The van der Waals surface area contributed by atoms with Crippen molar-refractivity contribution in [3.05, 3.63) is 53.6 Å². The van der Waals surface area contributed by atoms with Gasteiger partial charge in [0.2, 0.25) is 10.0 Å². The van der Waals surface area contributed by atoms with Crippen LogP contribution < -0.4 is 10.1 Å². The first-order valence-electron chi connectivity index (χ1n) is 8.20. The molecule has 1 aliphatic rings. The third kappa shape index (κ3) is 4.69. The molecule has 2 aromatic carbocycles. The Bertz CT molecular complexity index is 821. The van der Waals surface area contributed by atoms with Crippen molar-refractivity contribution >= 4 is 34.0 Å². The molecule has 0 saturated carbocycles. The smallest absolute Gasteiger partial charge is 0.243 e. The molecule has 0 spiro atoms. The minimum Gasteiger partial charge on any atom is -0.456 e. The van der Waals surface area contributed by atoms with E-state index in [9.17, 15) is 8.42 Å². The second-order valence-corrected chi connectivity index (χ2v) is 8.32. The lowest BCUT2D eigenvalue weighted by Gasteiger charge is -2.31. The fraction of sp³-hybridized carbons (Fsp3) is 0.333. The van der Waals surface area contributed by atoms with Crippen LogP contribution in [0.1, 0.15) is 12.8 Å². The first-order chi connectivity index (χ1) is 12.0. The van der Waals surface area contributed by atoms with Crippen LogP contribution in [0.25, 0.3) is 0 Å². The number of nitrogens with zero attached hydrogens (tertiary/aromatic N) is 1. The molecule has 1 heterocycles.